The summed E-state index contributed by atoms with van der Waals surface area (Å²) >= 11 is 0. The third kappa shape index (κ3) is 3.45. The van der Waals surface area contributed by atoms with E-state index in [4.69, 9.17) is 0 Å². The Bertz CT molecular complexity index is 516. The van der Waals surface area contributed by atoms with Gasteiger partial charge in [-0.05, 0) is 44.0 Å². The van der Waals surface area contributed by atoms with E-state index in [-0.39, 0.29) is 6.04 Å². The lowest BCUT2D eigenvalue weighted by Crippen LogP contribution is -2.26. The molecule has 0 bridgehead atoms. The molecule has 0 aliphatic rings. The first-order valence-corrected chi connectivity index (χ1v) is 7.43. The minimum Gasteiger partial charge on any atom is -0.305 e. The zero-order valence-corrected chi connectivity index (χ0v) is 12.6. The second-order valence-corrected chi connectivity index (χ2v) is 5.10. The van der Waals surface area contributed by atoms with Gasteiger partial charge in [0.1, 0.15) is 0 Å². The van der Waals surface area contributed by atoms with Crippen LogP contribution in [-0.2, 0) is 6.54 Å². The summed E-state index contributed by atoms with van der Waals surface area (Å²) in [5, 5.41) is 8.04. The largest absolute Gasteiger partial charge is 0.305 e. The predicted octanol–water partition coefficient (Wildman–Crippen LogP) is 3.09. The van der Waals surface area contributed by atoms with Gasteiger partial charge < -0.3 is 5.32 Å². The zero-order valence-electron chi connectivity index (χ0n) is 12.6. The Morgan fingerprint density at radius 1 is 1.20 bits per heavy atom. The van der Waals surface area contributed by atoms with Crippen LogP contribution in [0, 0.1) is 6.92 Å². The first-order valence-electron chi connectivity index (χ1n) is 7.43. The summed E-state index contributed by atoms with van der Waals surface area (Å²) in [7, 11) is 0. The highest BCUT2D eigenvalue weighted by atomic mass is 15.3. The van der Waals surface area contributed by atoms with Crippen molar-refractivity contribution < 1.29 is 0 Å². The van der Waals surface area contributed by atoms with Crippen LogP contribution in [0.2, 0.25) is 0 Å². The summed E-state index contributed by atoms with van der Waals surface area (Å²) in [5.74, 6) is 0. The molecular formula is C16H24N4. The van der Waals surface area contributed by atoms with Gasteiger partial charge >= 0.3 is 0 Å². The Hall–Kier alpha value is -1.68. The maximum absolute atomic E-state index is 4.43. The van der Waals surface area contributed by atoms with Crippen LogP contribution in [0.15, 0.2) is 30.6 Å². The average molecular weight is 272 g/mol. The SMILES string of the molecule is CCCNC(c1ccc(C)nc1)c1ccnn1CCC. The Balaban J connectivity index is 2.31. The van der Waals surface area contributed by atoms with Gasteiger partial charge in [-0.1, -0.05) is 19.9 Å². The maximum atomic E-state index is 4.43. The number of aromatic nitrogens is 3. The number of pyridine rings is 1. The van der Waals surface area contributed by atoms with Gasteiger partial charge in [-0.15, -0.1) is 0 Å². The fourth-order valence-corrected chi connectivity index (χ4v) is 2.32. The van der Waals surface area contributed by atoms with Gasteiger partial charge in [0.15, 0.2) is 0 Å². The third-order valence-electron chi connectivity index (χ3n) is 3.35. The van der Waals surface area contributed by atoms with Crippen molar-refractivity contribution in [2.45, 2.75) is 46.2 Å². The van der Waals surface area contributed by atoms with Gasteiger partial charge in [0, 0.05) is 24.6 Å². The second kappa shape index (κ2) is 7.20. The predicted molar refractivity (Wildman–Crippen MR) is 81.6 cm³/mol. The molecule has 2 aromatic heterocycles. The van der Waals surface area contributed by atoms with Gasteiger partial charge in [-0.3, -0.25) is 9.67 Å². The molecule has 0 aromatic carbocycles. The molecule has 0 aliphatic heterocycles. The summed E-state index contributed by atoms with van der Waals surface area (Å²) in [6, 6.07) is 6.48. The van der Waals surface area contributed by atoms with E-state index in [0.717, 1.165) is 31.6 Å². The second-order valence-electron chi connectivity index (χ2n) is 5.10. The van der Waals surface area contributed by atoms with E-state index in [9.17, 15) is 0 Å². The molecule has 0 fully saturated rings. The Morgan fingerprint density at radius 3 is 2.70 bits per heavy atom. The Kier molecular flexibility index (Phi) is 5.30. The molecule has 20 heavy (non-hydrogen) atoms. The molecule has 2 aromatic rings. The first-order chi connectivity index (χ1) is 9.76. The van der Waals surface area contributed by atoms with Crippen LogP contribution >= 0.6 is 0 Å². The highest BCUT2D eigenvalue weighted by Crippen LogP contribution is 2.21. The molecule has 1 unspecified atom stereocenters. The minimum absolute atomic E-state index is 0.164. The van der Waals surface area contributed by atoms with Crippen LogP contribution in [0.25, 0.3) is 0 Å². The molecule has 4 heteroatoms. The fourth-order valence-electron chi connectivity index (χ4n) is 2.32. The van der Waals surface area contributed by atoms with E-state index in [2.05, 4.69) is 52.1 Å². The highest BCUT2D eigenvalue weighted by Gasteiger charge is 2.17. The maximum Gasteiger partial charge on any atom is 0.0763 e. The van der Waals surface area contributed by atoms with Crippen molar-refractivity contribution in [2.24, 2.45) is 0 Å². The van der Waals surface area contributed by atoms with Crippen molar-refractivity contribution in [3.63, 3.8) is 0 Å². The van der Waals surface area contributed by atoms with E-state index in [1.54, 1.807) is 0 Å². The van der Waals surface area contributed by atoms with E-state index in [0.29, 0.717) is 0 Å². The molecular weight excluding hydrogens is 248 g/mol. The van der Waals surface area contributed by atoms with E-state index >= 15 is 0 Å². The fraction of sp³-hybridized carbons (Fsp3) is 0.500. The number of nitrogens with zero attached hydrogens (tertiary/aromatic N) is 3. The van der Waals surface area contributed by atoms with Crippen molar-refractivity contribution in [1.29, 1.82) is 0 Å². The van der Waals surface area contributed by atoms with Gasteiger partial charge in [-0.2, -0.15) is 5.10 Å². The van der Waals surface area contributed by atoms with Gasteiger partial charge in [0.05, 0.1) is 11.7 Å². The zero-order chi connectivity index (χ0) is 14.4. The van der Waals surface area contributed by atoms with Crippen molar-refractivity contribution in [3.05, 3.63) is 47.5 Å². The third-order valence-corrected chi connectivity index (χ3v) is 3.35. The molecule has 1 N–H and O–H groups in total. The molecule has 0 spiro atoms. The van der Waals surface area contributed by atoms with Gasteiger partial charge in [0.25, 0.3) is 0 Å². The van der Waals surface area contributed by atoms with Gasteiger partial charge in [-0.25, -0.2) is 0 Å². The van der Waals surface area contributed by atoms with Crippen molar-refractivity contribution in [3.8, 4) is 0 Å². The van der Waals surface area contributed by atoms with Crippen molar-refractivity contribution >= 4 is 0 Å². The molecule has 0 radical (unpaired) electrons. The number of hydrogen-bond acceptors (Lipinski definition) is 3. The molecule has 1 atom stereocenters. The van der Waals surface area contributed by atoms with Gasteiger partial charge in [0.2, 0.25) is 0 Å². The lowest BCUT2D eigenvalue weighted by molar-refractivity contribution is 0.511. The van der Waals surface area contributed by atoms with Crippen molar-refractivity contribution in [2.75, 3.05) is 6.54 Å². The molecule has 0 amide bonds. The van der Waals surface area contributed by atoms with Crippen molar-refractivity contribution in [1.82, 2.24) is 20.1 Å². The molecule has 2 rings (SSSR count). The minimum atomic E-state index is 0.164. The molecule has 0 saturated heterocycles. The Labute approximate surface area is 121 Å². The molecule has 108 valence electrons. The number of aryl methyl sites for hydroxylation is 2. The molecule has 2 heterocycles. The lowest BCUT2D eigenvalue weighted by atomic mass is 10.0. The van der Waals surface area contributed by atoms with Crippen LogP contribution in [0.5, 0.6) is 0 Å². The van der Waals surface area contributed by atoms with Crippen LogP contribution < -0.4 is 5.32 Å². The summed E-state index contributed by atoms with van der Waals surface area (Å²) in [6.45, 7) is 8.30. The normalized spacial score (nSPS) is 12.6. The van der Waals surface area contributed by atoms with E-state index in [1.807, 2.05) is 19.3 Å². The standard InChI is InChI=1S/C16H24N4/c1-4-9-17-16(14-7-6-13(3)18-12-14)15-8-10-19-20(15)11-5-2/h6-8,10,12,16-17H,4-5,9,11H2,1-3H3. The number of hydrogen-bond donors (Lipinski definition) is 1. The highest BCUT2D eigenvalue weighted by molar-refractivity contribution is 5.26. The van der Waals surface area contributed by atoms with Crippen LogP contribution in [-0.4, -0.2) is 21.3 Å². The number of nitrogens with one attached hydrogen (secondary N) is 1. The van der Waals surface area contributed by atoms with E-state index < -0.39 is 0 Å². The summed E-state index contributed by atoms with van der Waals surface area (Å²) < 4.78 is 2.09. The molecule has 0 aliphatic carbocycles. The van der Waals surface area contributed by atoms with Crippen LogP contribution in [0.3, 0.4) is 0 Å². The smallest absolute Gasteiger partial charge is 0.0763 e. The summed E-state index contributed by atoms with van der Waals surface area (Å²) in [5.41, 5.74) is 3.46. The van der Waals surface area contributed by atoms with Crippen LogP contribution in [0.4, 0.5) is 0 Å². The first kappa shape index (κ1) is 14.7. The summed E-state index contributed by atoms with van der Waals surface area (Å²) in [6.07, 6.45) is 6.04. The van der Waals surface area contributed by atoms with E-state index in [1.165, 1.54) is 11.3 Å². The molecule has 4 nitrogen and oxygen atoms in total. The van der Waals surface area contributed by atoms with Crippen LogP contribution in [0.1, 0.15) is 49.7 Å². The lowest BCUT2D eigenvalue weighted by Gasteiger charge is -2.20. The molecule has 0 saturated carbocycles. The summed E-state index contributed by atoms with van der Waals surface area (Å²) in [4.78, 5) is 4.42. The quantitative estimate of drug-likeness (QED) is 0.842. The topological polar surface area (TPSA) is 42.7 Å². The monoisotopic (exact) mass is 272 g/mol. The average Bonchev–Trinajstić information content (AvgIpc) is 2.90. The number of rotatable bonds is 7. The Morgan fingerprint density at radius 2 is 2.05 bits per heavy atom.